The Balaban J connectivity index is 1.33. The molecule has 1 heterocycles. The minimum absolute atomic E-state index is 0.161. The predicted molar refractivity (Wildman–Crippen MR) is 173 cm³/mol. The van der Waals surface area contributed by atoms with Gasteiger partial charge >= 0.3 is 6.03 Å². The van der Waals surface area contributed by atoms with E-state index in [-0.39, 0.29) is 18.0 Å². The molecule has 4 aromatic rings. The number of aromatic nitrogens is 1. The second-order valence-electron chi connectivity index (χ2n) is 10.7. The van der Waals surface area contributed by atoms with Crippen molar-refractivity contribution in [3.63, 3.8) is 0 Å². The normalized spacial score (nSPS) is 14.1. The fraction of sp³-hybridized carbons (Fsp3) is 0.312. The molecule has 5 rings (SSSR count). The number of hydrogen-bond acceptors (Lipinski definition) is 5. The minimum Gasteiger partial charge on any atom is -0.321 e. The smallest absolute Gasteiger partial charge is 0.321 e. The van der Waals surface area contributed by atoms with Gasteiger partial charge in [-0.05, 0) is 42.5 Å². The Hall–Kier alpha value is -3.40. The van der Waals surface area contributed by atoms with Gasteiger partial charge in [-0.3, -0.25) is 10.0 Å². The number of hydrogen-bond donors (Lipinski definition) is 2. The van der Waals surface area contributed by atoms with Crippen LogP contribution in [-0.4, -0.2) is 43.2 Å². The van der Waals surface area contributed by atoms with Crippen LogP contribution in [0.2, 0.25) is 4.34 Å². The molecule has 10 heteroatoms. The molecule has 1 saturated carbocycles. The van der Waals surface area contributed by atoms with Gasteiger partial charge in [0.15, 0.2) is 5.13 Å². The number of sulfonamides is 1. The number of amides is 2. The molecule has 1 fully saturated rings. The Morgan fingerprint density at radius 2 is 1.55 bits per heavy atom. The highest BCUT2D eigenvalue weighted by Crippen LogP contribution is 2.36. The number of carbonyl (C=O) groups is 1. The van der Waals surface area contributed by atoms with Crippen LogP contribution in [0, 0.1) is 0 Å². The van der Waals surface area contributed by atoms with Crippen LogP contribution in [0.3, 0.4) is 0 Å². The molecule has 1 aliphatic carbocycles. The number of nitrogens with one attached hydrogen (secondary N) is 2. The van der Waals surface area contributed by atoms with E-state index in [1.807, 2.05) is 17.0 Å². The van der Waals surface area contributed by atoms with E-state index in [0.717, 1.165) is 43.9 Å². The van der Waals surface area contributed by atoms with E-state index in [1.165, 1.54) is 28.9 Å². The molecule has 0 unspecified atom stereocenters. The largest absolute Gasteiger partial charge is 0.323 e. The predicted octanol–water partition coefficient (Wildman–Crippen LogP) is 8.22. The summed E-state index contributed by atoms with van der Waals surface area (Å²) in [6, 6.07) is 27.8. The zero-order chi connectivity index (χ0) is 29.5. The number of carbonyl (C=O) groups excluding carboxylic acids is 1. The van der Waals surface area contributed by atoms with Crippen molar-refractivity contribution in [2.75, 3.05) is 22.8 Å². The second kappa shape index (κ2) is 13.7. The van der Waals surface area contributed by atoms with Gasteiger partial charge in [0, 0.05) is 29.8 Å². The van der Waals surface area contributed by atoms with Crippen molar-refractivity contribution < 1.29 is 13.2 Å². The third kappa shape index (κ3) is 7.91. The molecule has 7 nitrogen and oxygen atoms in total. The van der Waals surface area contributed by atoms with Gasteiger partial charge in [-0.25, -0.2) is 18.2 Å². The van der Waals surface area contributed by atoms with Gasteiger partial charge in [0.2, 0.25) is 10.0 Å². The van der Waals surface area contributed by atoms with E-state index in [4.69, 9.17) is 11.6 Å². The lowest BCUT2D eigenvalue weighted by molar-refractivity contribution is 0.165. The molecule has 0 saturated heterocycles. The highest BCUT2D eigenvalue weighted by molar-refractivity contribution is 7.92. The summed E-state index contributed by atoms with van der Waals surface area (Å²) in [6.45, 7) is 0.617. The fourth-order valence-electron chi connectivity index (χ4n) is 5.61. The topological polar surface area (TPSA) is 91.4 Å². The molecule has 0 spiro atoms. The summed E-state index contributed by atoms with van der Waals surface area (Å²) in [5.74, 6) is 0.173. The van der Waals surface area contributed by atoms with Gasteiger partial charge in [-0.2, -0.15) is 0 Å². The molecule has 2 amide bonds. The third-order valence-electron chi connectivity index (χ3n) is 7.60. The third-order valence-corrected chi connectivity index (χ3v) is 9.38. The fourth-order valence-corrected chi connectivity index (χ4v) is 7.25. The van der Waals surface area contributed by atoms with Crippen molar-refractivity contribution >= 4 is 49.8 Å². The van der Waals surface area contributed by atoms with Crippen LogP contribution in [-0.2, 0) is 10.0 Å². The van der Waals surface area contributed by atoms with Crippen molar-refractivity contribution in [1.29, 1.82) is 0 Å². The van der Waals surface area contributed by atoms with Crippen LogP contribution >= 0.6 is 22.9 Å². The van der Waals surface area contributed by atoms with Crippen molar-refractivity contribution in [2.24, 2.45) is 0 Å². The molecule has 3 aromatic carbocycles. The maximum atomic E-state index is 13.8. The van der Waals surface area contributed by atoms with Gasteiger partial charge in [-0.15, -0.1) is 0 Å². The first-order valence-corrected chi connectivity index (χ1v) is 17.3. The maximum absolute atomic E-state index is 13.8. The Kier molecular flexibility index (Phi) is 9.82. The Labute approximate surface area is 257 Å². The van der Waals surface area contributed by atoms with Crippen molar-refractivity contribution in [3.8, 4) is 11.3 Å². The van der Waals surface area contributed by atoms with Gasteiger partial charge in [0.05, 0.1) is 6.26 Å². The average molecular weight is 623 g/mol. The highest BCUT2D eigenvalue weighted by Gasteiger charge is 2.28. The van der Waals surface area contributed by atoms with Crippen LogP contribution in [0.5, 0.6) is 0 Å². The van der Waals surface area contributed by atoms with Gasteiger partial charge in [0.25, 0.3) is 0 Å². The number of halogens is 1. The SMILES string of the molecule is CS(=O)(=O)Nc1ccc(-c2nc(NC(=O)N(CCC(c3ccccc3)c3ccccc3)C3CCCCC3)sc2Cl)cc1. The Bertz CT molecular complexity index is 1530. The Morgan fingerprint density at radius 1 is 0.952 bits per heavy atom. The summed E-state index contributed by atoms with van der Waals surface area (Å²) in [5.41, 5.74) is 4.20. The zero-order valence-electron chi connectivity index (χ0n) is 23.5. The van der Waals surface area contributed by atoms with Gasteiger partial charge in [-0.1, -0.05) is 115 Å². The summed E-state index contributed by atoms with van der Waals surface area (Å²) in [6.07, 6.45) is 7.33. The van der Waals surface area contributed by atoms with Crippen LogP contribution in [0.4, 0.5) is 15.6 Å². The summed E-state index contributed by atoms with van der Waals surface area (Å²) in [5, 5.41) is 3.47. The molecule has 0 radical (unpaired) electrons. The van der Waals surface area contributed by atoms with E-state index < -0.39 is 10.0 Å². The van der Waals surface area contributed by atoms with Crippen molar-refractivity contribution in [1.82, 2.24) is 9.88 Å². The first-order chi connectivity index (χ1) is 20.3. The summed E-state index contributed by atoms with van der Waals surface area (Å²) >= 11 is 7.77. The molecule has 1 aromatic heterocycles. The number of rotatable bonds is 10. The van der Waals surface area contributed by atoms with Crippen LogP contribution in [0.15, 0.2) is 84.9 Å². The minimum atomic E-state index is -3.37. The number of nitrogens with zero attached hydrogens (tertiary/aromatic N) is 2. The number of thiazole rings is 1. The Morgan fingerprint density at radius 3 is 2.12 bits per heavy atom. The highest BCUT2D eigenvalue weighted by atomic mass is 35.5. The van der Waals surface area contributed by atoms with E-state index >= 15 is 0 Å². The summed E-state index contributed by atoms with van der Waals surface area (Å²) in [4.78, 5) is 20.4. The summed E-state index contributed by atoms with van der Waals surface area (Å²) < 4.78 is 26.0. The van der Waals surface area contributed by atoms with E-state index in [1.54, 1.807) is 24.3 Å². The second-order valence-corrected chi connectivity index (χ2v) is 14.0. The van der Waals surface area contributed by atoms with Crippen LogP contribution in [0.25, 0.3) is 11.3 Å². The van der Waals surface area contributed by atoms with Crippen LogP contribution in [0.1, 0.15) is 55.6 Å². The number of anilines is 2. The lowest BCUT2D eigenvalue weighted by Crippen LogP contribution is -2.44. The molecule has 2 N–H and O–H groups in total. The molecule has 0 bridgehead atoms. The van der Waals surface area contributed by atoms with Crippen LogP contribution < -0.4 is 10.0 Å². The van der Waals surface area contributed by atoms with E-state index in [0.29, 0.717) is 27.4 Å². The lowest BCUT2D eigenvalue weighted by Gasteiger charge is -2.35. The van der Waals surface area contributed by atoms with E-state index in [2.05, 4.69) is 63.6 Å². The lowest BCUT2D eigenvalue weighted by atomic mass is 9.87. The monoisotopic (exact) mass is 622 g/mol. The first-order valence-electron chi connectivity index (χ1n) is 14.2. The van der Waals surface area contributed by atoms with Crippen molar-refractivity contribution in [2.45, 2.75) is 50.5 Å². The number of benzene rings is 3. The van der Waals surface area contributed by atoms with E-state index in [9.17, 15) is 13.2 Å². The van der Waals surface area contributed by atoms with Gasteiger partial charge < -0.3 is 4.90 Å². The summed E-state index contributed by atoms with van der Waals surface area (Å²) in [7, 11) is -3.37. The molecule has 0 aliphatic heterocycles. The molecule has 0 atom stereocenters. The van der Waals surface area contributed by atoms with Crippen molar-refractivity contribution in [3.05, 3.63) is 100 Å². The molecular formula is C32H35ClN4O3S2. The quantitative estimate of drug-likeness (QED) is 0.186. The molecular weight excluding hydrogens is 588 g/mol. The average Bonchev–Trinajstić information content (AvgIpc) is 3.35. The standard InChI is InChI=1S/C32H35ClN4O3S2/c1-42(39,40)36-26-19-17-25(18-20-26)29-30(33)41-31(34-29)35-32(38)37(27-15-9-4-10-16-27)22-21-28(23-11-5-2-6-12-23)24-13-7-3-8-14-24/h2-3,5-8,11-14,17-20,27-28,36H,4,9-10,15-16,21-22H2,1H3,(H,34,35,38). The maximum Gasteiger partial charge on any atom is 0.323 e. The van der Waals surface area contributed by atoms with Gasteiger partial charge in [0.1, 0.15) is 10.0 Å². The zero-order valence-corrected chi connectivity index (χ0v) is 25.9. The molecule has 1 aliphatic rings. The number of urea groups is 1. The first kappa shape index (κ1) is 30.1. The molecule has 42 heavy (non-hydrogen) atoms. The molecule has 220 valence electrons.